The molecule has 1 radical (unpaired) electrons. The first-order valence-electron chi connectivity index (χ1n) is 5.02. The second-order valence-electron chi connectivity index (χ2n) is 4.07. The molecule has 0 aromatic carbocycles. The van der Waals surface area contributed by atoms with Crippen LogP contribution in [-0.2, 0) is 6.42 Å². The summed E-state index contributed by atoms with van der Waals surface area (Å²) in [6, 6.07) is 15.2. The summed E-state index contributed by atoms with van der Waals surface area (Å²) >= 11 is 0. The minimum absolute atomic E-state index is 1.08. The van der Waals surface area contributed by atoms with Crippen molar-refractivity contribution < 1.29 is 0 Å². The highest BCUT2D eigenvalue weighted by Gasteiger charge is 2.02. The van der Waals surface area contributed by atoms with E-state index in [0.29, 0.717) is 0 Å². The van der Waals surface area contributed by atoms with Gasteiger partial charge in [-0.15, -0.1) is 0 Å². The van der Waals surface area contributed by atoms with E-state index < -0.39 is 0 Å². The smallest absolute Gasteiger partial charge is 0.0181 e. The van der Waals surface area contributed by atoms with Gasteiger partial charge in [-0.2, -0.15) is 0 Å². The molecule has 0 spiro atoms. The molecule has 0 nitrogen and oxygen atoms in total. The van der Waals surface area contributed by atoms with Crippen LogP contribution < -0.4 is 0 Å². The highest BCUT2D eigenvalue weighted by atomic mass is 14.1. The molecular formula is C14H15. The van der Waals surface area contributed by atoms with Gasteiger partial charge in [-0.05, 0) is 29.0 Å². The maximum absolute atomic E-state index is 2.28. The van der Waals surface area contributed by atoms with E-state index in [1.807, 2.05) is 0 Å². The third kappa shape index (κ3) is 1.95. The van der Waals surface area contributed by atoms with Crippen LogP contribution in [0.4, 0.5) is 0 Å². The topological polar surface area (TPSA) is 0 Å². The lowest BCUT2D eigenvalue weighted by molar-refractivity contribution is 0.959. The summed E-state index contributed by atoms with van der Waals surface area (Å²) in [5.74, 6) is 1.45. The zero-order valence-corrected chi connectivity index (χ0v) is 8.75. The Morgan fingerprint density at radius 1 is 0.929 bits per heavy atom. The molecule has 0 fully saturated rings. The average Bonchev–Trinajstić information content (AvgIpc) is 2.44. The first kappa shape index (κ1) is 9.26. The van der Waals surface area contributed by atoms with Crippen molar-refractivity contribution in [2.75, 3.05) is 0 Å². The first-order valence-corrected chi connectivity index (χ1v) is 5.02. The van der Waals surface area contributed by atoms with E-state index in [1.165, 1.54) is 22.6 Å². The molecule has 0 aliphatic heterocycles. The summed E-state index contributed by atoms with van der Waals surface area (Å²) in [5, 5.41) is 0. The highest BCUT2D eigenvalue weighted by Crippen LogP contribution is 2.23. The normalized spacial score (nSPS) is 11.1. The second kappa shape index (κ2) is 3.83. The monoisotopic (exact) mass is 183 g/mol. The molecule has 0 saturated carbocycles. The van der Waals surface area contributed by atoms with E-state index >= 15 is 0 Å². The molecule has 0 unspecified atom stereocenters. The van der Waals surface area contributed by atoms with Gasteiger partial charge in [0.05, 0.1) is 0 Å². The van der Waals surface area contributed by atoms with Gasteiger partial charge in [0.15, 0.2) is 0 Å². The average molecular weight is 183 g/mol. The zero-order chi connectivity index (χ0) is 9.97. The van der Waals surface area contributed by atoms with Crippen molar-refractivity contribution in [1.29, 1.82) is 0 Å². The zero-order valence-electron chi connectivity index (χ0n) is 8.75. The van der Waals surface area contributed by atoms with E-state index in [-0.39, 0.29) is 0 Å². The summed E-state index contributed by atoms with van der Waals surface area (Å²) in [5.41, 5.74) is 4.06. The molecule has 0 saturated heterocycles. The van der Waals surface area contributed by atoms with E-state index in [2.05, 4.69) is 56.3 Å². The van der Waals surface area contributed by atoms with Gasteiger partial charge in [0.2, 0.25) is 0 Å². The summed E-state index contributed by atoms with van der Waals surface area (Å²) in [4.78, 5) is 0. The van der Waals surface area contributed by atoms with Crippen molar-refractivity contribution in [1.82, 2.24) is 0 Å². The van der Waals surface area contributed by atoms with Crippen LogP contribution in [0.25, 0.3) is 11.1 Å². The van der Waals surface area contributed by atoms with Crippen LogP contribution in [0.2, 0.25) is 0 Å². The predicted molar refractivity (Wildman–Crippen MR) is 61.4 cm³/mol. The molecule has 14 heavy (non-hydrogen) atoms. The molecule has 0 N–H and O–H groups in total. The van der Waals surface area contributed by atoms with Crippen LogP contribution in [0.1, 0.15) is 19.4 Å². The minimum atomic E-state index is 1.08. The first-order chi connectivity index (χ1) is 6.75. The van der Waals surface area contributed by atoms with Gasteiger partial charge in [0.1, 0.15) is 0 Å². The Kier molecular flexibility index (Phi) is 2.53. The Bertz CT molecular complexity index is 387. The lowest BCUT2D eigenvalue weighted by Gasteiger charge is -2.01. The van der Waals surface area contributed by atoms with Gasteiger partial charge < -0.3 is 0 Å². The van der Waals surface area contributed by atoms with Crippen molar-refractivity contribution in [3.63, 3.8) is 0 Å². The van der Waals surface area contributed by atoms with Crippen LogP contribution in [0.3, 0.4) is 0 Å². The number of rotatable bonds is 2. The molecule has 0 amide bonds. The molecule has 0 aromatic rings. The molecular weight excluding hydrogens is 168 g/mol. The quantitative estimate of drug-likeness (QED) is 0.661. The molecule has 0 atom stereocenters. The fraction of sp³-hybridized carbons (Fsp3) is 0.214. The van der Waals surface area contributed by atoms with Crippen LogP contribution in [-0.4, -0.2) is 0 Å². The van der Waals surface area contributed by atoms with Crippen molar-refractivity contribution in [3.8, 4) is 11.1 Å². The lowest BCUT2D eigenvalue weighted by atomic mass is 10.0. The number of fused-ring (bicyclic) bond motifs is 1. The Labute approximate surface area is 85.9 Å². The fourth-order valence-corrected chi connectivity index (χ4v) is 1.77. The molecule has 2 aliphatic rings. The Balaban J connectivity index is 2.39. The van der Waals surface area contributed by atoms with Gasteiger partial charge in [0, 0.05) is 0 Å². The Hall–Kier alpha value is -1.30. The number of hydrogen-bond acceptors (Lipinski definition) is 0. The third-order valence-electron chi connectivity index (χ3n) is 2.37. The van der Waals surface area contributed by atoms with Crippen LogP contribution >= 0.6 is 0 Å². The van der Waals surface area contributed by atoms with Gasteiger partial charge in [-0.3, -0.25) is 0 Å². The maximum atomic E-state index is 2.28. The van der Waals surface area contributed by atoms with Gasteiger partial charge in [-0.1, -0.05) is 56.3 Å². The fourth-order valence-electron chi connectivity index (χ4n) is 1.77. The van der Waals surface area contributed by atoms with Crippen LogP contribution in [0, 0.1) is 5.92 Å². The van der Waals surface area contributed by atoms with Gasteiger partial charge >= 0.3 is 0 Å². The standard InChI is InChI=1S/C14H15/c1-11(2)9-12-5-3-6-13-7-4-8-14(13)10-12/h3-8,10H,9H2,1-2H3. The van der Waals surface area contributed by atoms with Gasteiger partial charge in [0.25, 0.3) is 0 Å². The van der Waals surface area contributed by atoms with E-state index in [9.17, 15) is 0 Å². The second-order valence-corrected chi connectivity index (χ2v) is 4.07. The summed E-state index contributed by atoms with van der Waals surface area (Å²) in [6.45, 7) is 4.35. The third-order valence-corrected chi connectivity index (χ3v) is 2.37. The Morgan fingerprint density at radius 3 is 2.29 bits per heavy atom. The van der Waals surface area contributed by atoms with E-state index in [1.54, 1.807) is 0 Å². The summed E-state index contributed by atoms with van der Waals surface area (Å²) < 4.78 is 0. The van der Waals surface area contributed by atoms with Crippen LogP contribution in [0.5, 0.6) is 0 Å². The molecule has 2 rings (SSSR count). The maximum Gasteiger partial charge on any atom is -0.0181 e. The van der Waals surface area contributed by atoms with Crippen molar-refractivity contribution >= 4 is 0 Å². The van der Waals surface area contributed by atoms with Crippen LogP contribution in [0.15, 0.2) is 42.5 Å². The molecule has 0 heterocycles. The molecule has 71 valence electrons. The predicted octanol–water partition coefficient (Wildman–Crippen LogP) is 3.95. The van der Waals surface area contributed by atoms with E-state index in [0.717, 1.165) is 6.42 Å². The molecule has 0 bridgehead atoms. The van der Waals surface area contributed by atoms with Gasteiger partial charge in [-0.25, -0.2) is 0 Å². The van der Waals surface area contributed by atoms with Crippen molar-refractivity contribution in [2.45, 2.75) is 20.3 Å². The molecule has 0 heteroatoms. The molecule has 2 aliphatic carbocycles. The largest absolute Gasteiger partial charge is 0.0614 e. The molecule has 0 aromatic heterocycles. The highest BCUT2D eigenvalue weighted by molar-refractivity contribution is 5.66. The Morgan fingerprint density at radius 2 is 1.57 bits per heavy atom. The van der Waals surface area contributed by atoms with Crippen molar-refractivity contribution in [3.05, 3.63) is 53.9 Å². The number of hydrogen-bond donors (Lipinski definition) is 0. The minimum Gasteiger partial charge on any atom is -0.0614 e. The summed E-state index contributed by atoms with van der Waals surface area (Å²) in [7, 11) is 0. The van der Waals surface area contributed by atoms with Crippen molar-refractivity contribution in [2.24, 2.45) is 0 Å². The van der Waals surface area contributed by atoms with E-state index in [4.69, 9.17) is 0 Å². The summed E-state index contributed by atoms with van der Waals surface area (Å²) in [6.07, 6.45) is 1.08. The SMILES string of the molecule is C[C](C)Cc1cccc2cccc-2c1. The lowest BCUT2D eigenvalue weighted by Crippen LogP contribution is -1.89.